The van der Waals surface area contributed by atoms with E-state index in [2.05, 4.69) is 5.32 Å². The van der Waals surface area contributed by atoms with E-state index in [4.69, 9.17) is 5.11 Å². The standard InChI is InChI=1S/C8H13NO2/c10-7(11)8(3-4-8)6-2-1-5-9-6/h6,9H,1-5H2,(H,10,11). The summed E-state index contributed by atoms with van der Waals surface area (Å²) in [5.41, 5.74) is -0.365. The Hall–Kier alpha value is -0.570. The molecule has 2 aliphatic rings. The first-order valence-corrected chi connectivity index (χ1v) is 4.22. The van der Waals surface area contributed by atoms with Crippen LogP contribution in [0.4, 0.5) is 0 Å². The largest absolute Gasteiger partial charge is 0.481 e. The van der Waals surface area contributed by atoms with E-state index >= 15 is 0 Å². The van der Waals surface area contributed by atoms with Gasteiger partial charge < -0.3 is 10.4 Å². The van der Waals surface area contributed by atoms with Crippen LogP contribution < -0.4 is 5.32 Å². The third-order valence-corrected chi connectivity index (χ3v) is 2.94. The first-order chi connectivity index (χ1) is 5.26. The molecule has 0 spiro atoms. The third kappa shape index (κ3) is 0.948. The maximum atomic E-state index is 10.8. The van der Waals surface area contributed by atoms with Gasteiger partial charge in [0.05, 0.1) is 5.41 Å². The average molecular weight is 155 g/mol. The molecule has 1 atom stereocenters. The van der Waals surface area contributed by atoms with Crippen LogP contribution in [0.15, 0.2) is 0 Å². The second-order valence-electron chi connectivity index (χ2n) is 3.61. The van der Waals surface area contributed by atoms with Crippen LogP contribution in [-0.4, -0.2) is 23.7 Å². The van der Waals surface area contributed by atoms with Crippen molar-refractivity contribution < 1.29 is 9.90 Å². The van der Waals surface area contributed by atoms with Crippen LogP contribution in [0.25, 0.3) is 0 Å². The van der Waals surface area contributed by atoms with Crippen molar-refractivity contribution in [2.45, 2.75) is 31.7 Å². The second-order valence-corrected chi connectivity index (χ2v) is 3.61. The molecule has 3 heteroatoms. The highest BCUT2D eigenvalue weighted by atomic mass is 16.4. The summed E-state index contributed by atoms with van der Waals surface area (Å²) in [6.07, 6.45) is 3.94. The molecule has 11 heavy (non-hydrogen) atoms. The molecule has 0 amide bonds. The van der Waals surface area contributed by atoms with Crippen molar-refractivity contribution in [2.24, 2.45) is 5.41 Å². The normalized spacial score (nSPS) is 33.6. The Balaban J connectivity index is 2.07. The van der Waals surface area contributed by atoms with Gasteiger partial charge in [0.15, 0.2) is 0 Å². The topological polar surface area (TPSA) is 49.3 Å². The number of carboxylic acids is 1. The molecule has 1 heterocycles. The highest BCUT2D eigenvalue weighted by Crippen LogP contribution is 2.51. The second kappa shape index (κ2) is 2.21. The Bertz CT molecular complexity index is 181. The molecule has 0 radical (unpaired) electrons. The number of hydrogen-bond donors (Lipinski definition) is 2. The van der Waals surface area contributed by atoms with Gasteiger partial charge >= 0.3 is 5.97 Å². The van der Waals surface area contributed by atoms with Crippen LogP contribution in [0, 0.1) is 5.41 Å². The van der Waals surface area contributed by atoms with Gasteiger partial charge in [-0.25, -0.2) is 0 Å². The molecule has 1 saturated heterocycles. The smallest absolute Gasteiger partial charge is 0.311 e. The minimum Gasteiger partial charge on any atom is -0.481 e. The molecule has 1 aliphatic carbocycles. The minimum absolute atomic E-state index is 0.264. The van der Waals surface area contributed by atoms with Crippen molar-refractivity contribution in [3.8, 4) is 0 Å². The molecular formula is C8H13NO2. The number of hydrogen-bond acceptors (Lipinski definition) is 2. The van der Waals surface area contributed by atoms with Crippen LogP contribution >= 0.6 is 0 Å². The van der Waals surface area contributed by atoms with Gasteiger partial charge in [0.2, 0.25) is 0 Å². The molecule has 3 nitrogen and oxygen atoms in total. The molecule has 2 N–H and O–H groups in total. The first-order valence-electron chi connectivity index (χ1n) is 4.22. The summed E-state index contributed by atoms with van der Waals surface area (Å²) in [6.45, 7) is 1.000. The molecule has 1 aliphatic heterocycles. The fourth-order valence-corrected chi connectivity index (χ4v) is 2.00. The molecule has 0 aromatic heterocycles. The van der Waals surface area contributed by atoms with E-state index in [1.807, 2.05) is 0 Å². The zero-order chi connectivity index (χ0) is 7.90. The van der Waals surface area contributed by atoms with Crippen LogP contribution in [0.3, 0.4) is 0 Å². The molecule has 0 bridgehead atoms. The quantitative estimate of drug-likeness (QED) is 0.614. The van der Waals surface area contributed by atoms with Gasteiger partial charge in [0, 0.05) is 6.04 Å². The molecule has 2 rings (SSSR count). The summed E-state index contributed by atoms with van der Waals surface area (Å²) in [5.74, 6) is -0.600. The van der Waals surface area contributed by atoms with Gasteiger partial charge in [-0.1, -0.05) is 0 Å². The Morgan fingerprint density at radius 3 is 2.64 bits per heavy atom. The summed E-state index contributed by atoms with van der Waals surface area (Å²) in [5, 5.41) is 12.2. The van der Waals surface area contributed by atoms with Gasteiger partial charge in [-0.15, -0.1) is 0 Å². The lowest BCUT2D eigenvalue weighted by Gasteiger charge is -2.17. The SMILES string of the molecule is O=C(O)C1(C2CCCN2)CC1. The molecule has 0 aromatic rings. The van der Waals surface area contributed by atoms with E-state index in [-0.39, 0.29) is 11.5 Å². The Morgan fingerprint density at radius 2 is 2.27 bits per heavy atom. The highest BCUT2D eigenvalue weighted by Gasteiger charge is 2.56. The van der Waals surface area contributed by atoms with E-state index in [0.717, 1.165) is 32.2 Å². The predicted molar refractivity (Wildman–Crippen MR) is 40.3 cm³/mol. The summed E-state index contributed by atoms with van der Waals surface area (Å²) in [4.78, 5) is 10.8. The monoisotopic (exact) mass is 155 g/mol. The molecule has 0 aromatic carbocycles. The predicted octanol–water partition coefficient (Wildman–Crippen LogP) is 0.603. The van der Waals surface area contributed by atoms with Crippen molar-refractivity contribution >= 4 is 5.97 Å². The number of aliphatic carboxylic acids is 1. The molecule has 1 saturated carbocycles. The van der Waals surface area contributed by atoms with E-state index in [1.54, 1.807) is 0 Å². The summed E-state index contributed by atoms with van der Waals surface area (Å²) in [7, 11) is 0. The van der Waals surface area contributed by atoms with Crippen LogP contribution in [0.5, 0.6) is 0 Å². The Labute approximate surface area is 65.8 Å². The first kappa shape index (κ1) is 7.10. The molecule has 2 fully saturated rings. The van der Waals surface area contributed by atoms with Crippen molar-refractivity contribution in [3.63, 3.8) is 0 Å². The average Bonchev–Trinajstić information content (AvgIpc) is 2.61. The van der Waals surface area contributed by atoms with Crippen molar-refractivity contribution in [2.75, 3.05) is 6.54 Å². The summed E-state index contributed by atoms with van der Waals surface area (Å²) < 4.78 is 0. The third-order valence-electron chi connectivity index (χ3n) is 2.94. The minimum atomic E-state index is -0.600. The highest BCUT2D eigenvalue weighted by molar-refractivity contribution is 5.78. The van der Waals surface area contributed by atoms with Crippen LogP contribution in [0.1, 0.15) is 25.7 Å². The fourth-order valence-electron chi connectivity index (χ4n) is 2.00. The number of carboxylic acid groups (broad SMARTS) is 1. The number of nitrogens with one attached hydrogen (secondary N) is 1. The Kier molecular flexibility index (Phi) is 1.42. The molecular weight excluding hydrogens is 142 g/mol. The van der Waals surface area contributed by atoms with Crippen molar-refractivity contribution in [3.05, 3.63) is 0 Å². The van der Waals surface area contributed by atoms with Gasteiger partial charge in [0.1, 0.15) is 0 Å². The lowest BCUT2D eigenvalue weighted by Crippen LogP contribution is -2.37. The van der Waals surface area contributed by atoms with Gasteiger partial charge in [0.25, 0.3) is 0 Å². The van der Waals surface area contributed by atoms with E-state index in [9.17, 15) is 4.79 Å². The van der Waals surface area contributed by atoms with E-state index in [0.29, 0.717) is 0 Å². The van der Waals surface area contributed by atoms with E-state index < -0.39 is 5.97 Å². The van der Waals surface area contributed by atoms with Gasteiger partial charge in [-0.3, -0.25) is 4.79 Å². The summed E-state index contributed by atoms with van der Waals surface area (Å²) in [6, 6.07) is 0.264. The molecule has 1 unspecified atom stereocenters. The lowest BCUT2D eigenvalue weighted by atomic mass is 9.95. The summed E-state index contributed by atoms with van der Waals surface area (Å²) >= 11 is 0. The van der Waals surface area contributed by atoms with Gasteiger partial charge in [-0.05, 0) is 32.2 Å². The van der Waals surface area contributed by atoms with Crippen molar-refractivity contribution in [1.82, 2.24) is 5.32 Å². The number of rotatable bonds is 2. The van der Waals surface area contributed by atoms with Gasteiger partial charge in [-0.2, -0.15) is 0 Å². The maximum Gasteiger partial charge on any atom is 0.311 e. The fraction of sp³-hybridized carbons (Fsp3) is 0.875. The Morgan fingerprint density at radius 1 is 1.55 bits per heavy atom. The maximum absolute atomic E-state index is 10.8. The van der Waals surface area contributed by atoms with E-state index in [1.165, 1.54) is 0 Å². The zero-order valence-corrected chi connectivity index (χ0v) is 6.47. The number of carbonyl (C=O) groups is 1. The zero-order valence-electron chi connectivity index (χ0n) is 6.47. The van der Waals surface area contributed by atoms with Crippen molar-refractivity contribution in [1.29, 1.82) is 0 Å². The lowest BCUT2D eigenvalue weighted by molar-refractivity contribution is -0.144. The van der Waals surface area contributed by atoms with Crippen LogP contribution in [-0.2, 0) is 4.79 Å². The van der Waals surface area contributed by atoms with Crippen LogP contribution in [0.2, 0.25) is 0 Å². The molecule has 62 valence electrons.